The molecular formula is C16H24N6O2S. The van der Waals surface area contributed by atoms with Crippen LogP contribution in [0, 0.1) is 12.8 Å². The third kappa shape index (κ3) is 3.88. The van der Waals surface area contributed by atoms with E-state index >= 15 is 0 Å². The smallest absolute Gasteiger partial charge is 0.281 e. The van der Waals surface area contributed by atoms with Gasteiger partial charge in [-0.2, -0.15) is 22.1 Å². The zero-order valence-corrected chi connectivity index (χ0v) is 15.6. The maximum atomic E-state index is 12.2. The van der Waals surface area contributed by atoms with Crippen LogP contribution >= 0.6 is 0 Å². The largest absolute Gasteiger partial charge is 0.282 e. The Hall–Kier alpha value is -1.84. The average Bonchev–Trinajstić information content (AvgIpc) is 3.02. The highest BCUT2D eigenvalue weighted by Crippen LogP contribution is 2.26. The summed E-state index contributed by atoms with van der Waals surface area (Å²) in [6, 6.07) is 1.96. The fourth-order valence-electron chi connectivity index (χ4n) is 3.12. The summed E-state index contributed by atoms with van der Waals surface area (Å²) < 4.78 is 27.2. The summed E-state index contributed by atoms with van der Waals surface area (Å²) in [6.45, 7) is 3.04. The first-order chi connectivity index (χ1) is 11.9. The molecule has 0 amide bonds. The zero-order chi connectivity index (χ0) is 18.0. The number of hydrogen-bond donors (Lipinski definition) is 1. The molecule has 0 unspecified atom stereocenters. The van der Waals surface area contributed by atoms with Crippen molar-refractivity contribution in [3.63, 3.8) is 0 Å². The van der Waals surface area contributed by atoms with Crippen LogP contribution < -0.4 is 0 Å². The highest BCUT2D eigenvalue weighted by molar-refractivity contribution is 7.86. The molecular weight excluding hydrogens is 340 g/mol. The summed E-state index contributed by atoms with van der Waals surface area (Å²) >= 11 is 0. The van der Waals surface area contributed by atoms with Crippen LogP contribution in [0.2, 0.25) is 0 Å². The lowest BCUT2D eigenvalue weighted by atomic mass is 9.92. The molecule has 0 bridgehead atoms. The lowest BCUT2D eigenvalue weighted by Gasteiger charge is -2.32. The first-order valence-corrected chi connectivity index (χ1v) is 9.77. The van der Waals surface area contributed by atoms with Crippen molar-refractivity contribution in [3.8, 4) is 11.4 Å². The van der Waals surface area contributed by atoms with Gasteiger partial charge in [0.1, 0.15) is 11.4 Å². The van der Waals surface area contributed by atoms with Crippen LogP contribution in [0.4, 0.5) is 0 Å². The van der Waals surface area contributed by atoms with E-state index in [1.54, 1.807) is 30.8 Å². The molecule has 136 valence electrons. The minimum Gasteiger partial charge on any atom is -0.282 e. The lowest BCUT2D eigenvalue weighted by Crippen LogP contribution is -2.44. The molecule has 0 radical (unpaired) electrons. The topological polar surface area (TPSA) is 95.1 Å². The number of H-pyrrole nitrogens is 1. The molecule has 3 rings (SSSR count). The number of hydrogen-bond acceptors (Lipinski definition) is 5. The third-order valence-corrected chi connectivity index (χ3v) is 6.51. The molecule has 1 aliphatic rings. The van der Waals surface area contributed by atoms with E-state index in [1.807, 2.05) is 13.0 Å². The second kappa shape index (κ2) is 7.19. The van der Waals surface area contributed by atoms with E-state index in [4.69, 9.17) is 0 Å². The summed E-state index contributed by atoms with van der Waals surface area (Å²) in [6.07, 6.45) is 5.80. The van der Waals surface area contributed by atoms with Gasteiger partial charge in [0.15, 0.2) is 0 Å². The van der Waals surface area contributed by atoms with Crippen molar-refractivity contribution in [2.45, 2.75) is 26.2 Å². The van der Waals surface area contributed by atoms with E-state index < -0.39 is 10.2 Å². The van der Waals surface area contributed by atoms with E-state index in [9.17, 15) is 8.42 Å². The molecule has 25 heavy (non-hydrogen) atoms. The Kier molecular flexibility index (Phi) is 5.16. The Labute approximate surface area is 148 Å². The normalized spacial score (nSPS) is 17.3. The van der Waals surface area contributed by atoms with E-state index in [1.165, 1.54) is 4.31 Å². The monoisotopic (exact) mass is 364 g/mol. The van der Waals surface area contributed by atoms with Crippen molar-refractivity contribution in [2.24, 2.45) is 5.92 Å². The summed E-state index contributed by atoms with van der Waals surface area (Å²) in [5, 5.41) is 7.22. The lowest BCUT2D eigenvalue weighted by molar-refractivity contribution is 0.261. The summed E-state index contributed by atoms with van der Waals surface area (Å²) in [5.41, 5.74) is 3.50. The van der Waals surface area contributed by atoms with Gasteiger partial charge < -0.3 is 0 Å². The van der Waals surface area contributed by atoms with E-state index in [0.717, 1.165) is 42.0 Å². The predicted octanol–water partition coefficient (Wildman–Crippen LogP) is 1.24. The van der Waals surface area contributed by atoms with Crippen LogP contribution in [0.3, 0.4) is 0 Å². The quantitative estimate of drug-likeness (QED) is 0.861. The van der Waals surface area contributed by atoms with Crippen molar-refractivity contribution in [1.82, 2.24) is 28.8 Å². The minimum atomic E-state index is -3.32. The van der Waals surface area contributed by atoms with Gasteiger partial charge in [-0.15, -0.1) is 0 Å². The van der Waals surface area contributed by atoms with Crippen LogP contribution in [0.25, 0.3) is 11.4 Å². The number of nitrogens with one attached hydrogen (secondary N) is 1. The molecule has 3 heterocycles. The number of aromatic amines is 1. The Morgan fingerprint density at radius 3 is 2.52 bits per heavy atom. The van der Waals surface area contributed by atoms with Crippen LogP contribution in [-0.4, -0.2) is 64.4 Å². The van der Waals surface area contributed by atoms with E-state index in [-0.39, 0.29) is 0 Å². The molecule has 2 aromatic heterocycles. The fourth-order valence-corrected chi connectivity index (χ4v) is 4.25. The number of nitrogens with zero attached hydrogens (tertiary/aromatic N) is 5. The molecule has 1 fully saturated rings. The van der Waals surface area contributed by atoms with Crippen molar-refractivity contribution in [1.29, 1.82) is 0 Å². The Morgan fingerprint density at radius 1 is 1.24 bits per heavy atom. The van der Waals surface area contributed by atoms with Gasteiger partial charge >= 0.3 is 0 Å². The third-order valence-electron chi connectivity index (χ3n) is 4.57. The van der Waals surface area contributed by atoms with Gasteiger partial charge in [-0.1, -0.05) is 0 Å². The predicted molar refractivity (Wildman–Crippen MR) is 95.0 cm³/mol. The summed E-state index contributed by atoms with van der Waals surface area (Å²) in [4.78, 5) is 8.95. The maximum Gasteiger partial charge on any atom is 0.281 e. The number of aryl methyl sites for hydroxylation is 1. The Balaban J connectivity index is 1.69. The Bertz CT molecular complexity index is 825. The minimum absolute atomic E-state index is 0.393. The van der Waals surface area contributed by atoms with Gasteiger partial charge in [0.2, 0.25) is 0 Å². The van der Waals surface area contributed by atoms with Gasteiger partial charge in [-0.25, -0.2) is 0 Å². The van der Waals surface area contributed by atoms with Crippen molar-refractivity contribution < 1.29 is 8.42 Å². The molecule has 0 saturated carbocycles. The Morgan fingerprint density at radius 2 is 1.92 bits per heavy atom. The highest BCUT2D eigenvalue weighted by Gasteiger charge is 2.30. The van der Waals surface area contributed by atoms with Crippen molar-refractivity contribution in [2.75, 3.05) is 27.2 Å². The number of piperidine rings is 1. The molecule has 2 aromatic rings. The van der Waals surface area contributed by atoms with Crippen LogP contribution in [0.1, 0.15) is 24.2 Å². The summed E-state index contributed by atoms with van der Waals surface area (Å²) in [5.74, 6) is 0.393. The molecule has 0 aliphatic carbocycles. The van der Waals surface area contributed by atoms with Crippen LogP contribution in [0.5, 0.6) is 0 Å². The molecule has 0 atom stereocenters. The van der Waals surface area contributed by atoms with Gasteiger partial charge in [0.25, 0.3) is 10.2 Å². The fraction of sp³-hybridized carbons (Fsp3) is 0.562. The van der Waals surface area contributed by atoms with E-state index in [2.05, 4.69) is 20.2 Å². The molecule has 9 heteroatoms. The second-order valence-electron chi connectivity index (χ2n) is 6.62. The first kappa shape index (κ1) is 18.0. The zero-order valence-electron chi connectivity index (χ0n) is 14.8. The van der Waals surface area contributed by atoms with Crippen molar-refractivity contribution in [3.05, 3.63) is 29.8 Å². The number of rotatable bonds is 5. The summed E-state index contributed by atoms with van der Waals surface area (Å²) in [7, 11) is -0.183. The van der Waals surface area contributed by atoms with Gasteiger partial charge in [0.05, 0.1) is 5.69 Å². The van der Waals surface area contributed by atoms with Gasteiger partial charge in [-0.05, 0) is 38.2 Å². The van der Waals surface area contributed by atoms with Crippen LogP contribution in [0.15, 0.2) is 18.5 Å². The van der Waals surface area contributed by atoms with Crippen molar-refractivity contribution >= 4 is 10.2 Å². The molecule has 8 nitrogen and oxygen atoms in total. The first-order valence-electron chi connectivity index (χ1n) is 8.38. The van der Waals surface area contributed by atoms with Gasteiger partial charge in [-0.3, -0.25) is 15.1 Å². The molecule has 1 aliphatic heterocycles. The van der Waals surface area contributed by atoms with Crippen LogP contribution in [-0.2, 0) is 16.6 Å². The highest BCUT2D eigenvalue weighted by atomic mass is 32.2. The van der Waals surface area contributed by atoms with Gasteiger partial charge in [0, 0.05) is 45.3 Å². The maximum absolute atomic E-state index is 12.2. The SMILES string of the molecule is Cc1cc(-c2nccnc2CC2CCN(S(=O)(=O)N(C)C)CC2)n[nH]1. The molecule has 1 saturated heterocycles. The number of aromatic nitrogens is 4. The standard InChI is InChI=1S/C16H24N6O2S/c1-12-10-15(20-19-12)16-14(17-6-7-18-16)11-13-4-8-22(9-5-13)25(23,24)21(2)3/h6-7,10,13H,4-5,8-9,11H2,1-3H3,(H,19,20). The second-order valence-corrected chi connectivity index (χ2v) is 8.77. The molecule has 0 aromatic carbocycles. The molecule has 0 spiro atoms. The van der Waals surface area contributed by atoms with E-state index in [0.29, 0.717) is 19.0 Å². The average molecular weight is 364 g/mol. The molecule has 1 N–H and O–H groups in total.